The lowest BCUT2D eigenvalue weighted by Gasteiger charge is -2.25. The van der Waals surface area contributed by atoms with Crippen molar-refractivity contribution in [2.45, 2.75) is 0 Å². The standard InChI is InChI=1S/C34H19F4OP/c35-28-19-29(36)33(38)34(32(28)37)40(39,30-17-20-9-1-3-11-22(20)24-13-5-7-15-26(24)30)31-18-21-10-2-4-12-23(21)25-14-6-8-16-27(25)31/h1-19H. The van der Waals surface area contributed by atoms with Crippen molar-refractivity contribution < 1.29 is 22.1 Å². The van der Waals surface area contributed by atoms with Gasteiger partial charge < -0.3 is 4.57 Å². The Balaban J connectivity index is 1.76. The third-order valence-electron chi connectivity index (χ3n) is 7.57. The lowest BCUT2D eigenvalue weighted by molar-refractivity contribution is 0.462. The zero-order valence-corrected chi connectivity index (χ0v) is 21.7. The minimum Gasteiger partial charge on any atom is -0.308 e. The highest BCUT2D eigenvalue weighted by Gasteiger charge is 2.41. The van der Waals surface area contributed by atoms with Crippen molar-refractivity contribution in [1.82, 2.24) is 0 Å². The van der Waals surface area contributed by atoms with E-state index in [0.717, 1.165) is 10.8 Å². The summed E-state index contributed by atoms with van der Waals surface area (Å²) in [7, 11) is -4.64. The second-order valence-corrected chi connectivity index (χ2v) is 12.4. The molecule has 0 radical (unpaired) electrons. The predicted octanol–water partition coefficient (Wildman–Crippen LogP) is 8.50. The van der Waals surface area contributed by atoms with Gasteiger partial charge in [0, 0.05) is 16.7 Å². The van der Waals surface area contributed by atoms with Crippen molar-refractivity contribution in [3.05, 3.63) is 139 Å². The zero-order chi connectivity index (χ0) is 27.6. The summed E-state index contributed by atoms with van der Waals surface area (Å²) in [5, 5.41) is 4.53. The van der Waals surface area contributed by atoms with Crippen LogP contribution in [-0.2, 0) is 4.57 Å². The molecule has 0 saturated heterocycles. The first-order chi connectivity index (χ1) is 19.4. The normalized spacial score (nSPS) is 12.1. The summed E-state index contributed by atoms with van der Waals surface area (Å²) in [5.41, 5.74) is 0. The summed E-state index contributed by atoms with van der Waals surface area (Å²) >= 11 is 0. The van der Waals surface area contributed by atoms with E-state index in [0.29, 0.717) is 32.3 Å². The topological polar surface area (TPSA) is 17.1 Å². The lowest BCUT2D eigenvalue weighted by atomic mass is 10.0. The average molecular weight is 550 g/mol. The molecular weight excluding hydrogens is 531 g/mol. The summed E-state index contributed by atoms with van der Waals surface area (Å²) in [6.45, 7) is 0. The smallest absolute Gasteiger partial charge is 0.178 e. The van der Waals surface area contributed by atoms with Gasteiger partial charge in [0.25, 0.3) is 0 Å². The summed E-state index contributed by atoms with van der Waals surface area (Å²) < 4.78 is 77.1. The van der Waals surface area contributed by atoms with Crippen LogP contribution in [0.5, 0.6) is 0 Å². The van der Waals surface area contributed by atoms with Gasteiger partial charge in [-0.15, -0.1) is 0 Å². The fourth-order valence-electron chi connectivity index (χ4n) is 5.80. The molecule has 0 amide bonds. The van der Waals surface area contributed by atoms with Crippen LogP contribution < -0.4 is 15.9 Å². The van der Waals surface area contributed by atoms with Gasteiger partial charge in [0.05, 0.1) is 5.30 Å². The van der Waals surface area contributed by atoms with Gasteiger partial charge in [-0.1, -0.05) is 97.1 Å². The molecule has 0 aliphatic heterocycles. The molecule has 0 bridgehead atoms. The molecule has 40 heavy (non-hydrogen) atoms. The molecule has 7 rings (SSSR count). The maximum absolute atomic E-state index is 15.9. The van der Waals surface area contributed by atoms with Crippen molar-refractivity contribution in [3.8, 4) is 0 Å². The van der Waals surface area contributed by atoms with E-state index < -0.39 is 35.7 Å². The van der Waals surface area contributed by atoms with Crippen molar-refractivity contribution in [3.63, 3.8) is 0 Å². The molecule has 0 saturated carbocycles. The summed E-state index contributed by atoms with van der Waals surface area (Å²) in [6.07, 6.45) is 0. The van der Waals surface area contributed by atoms with Gasteiger partial charge in [0.2, 0.25) is 0 Å². The summed E-state index contributed by atoms with van der Waals surface area (Å²) in [6, 6.07) is 32.4. The van der Waals surface area contributed by atoms with Crippen LogP contribution in [0, 0.1) is 23.3 Å². The molecule has 0 spiro atoms. The van der Waals surface area contributed by atoms with E-state index in [4.69, 9.17) is 0 Å². The van der Waals surface area contributed by atoms with E-state index in [2.05, 4.69) is 0 Å². The fourth-order valence-corrected chi connectivity index (χ4v) is 9.02. The third kappa shape index (κ3) is 3.44. The van der Waals surface area contributed by atoms with Crippen LogP contribution in [-0.4, -0.2) is 0 Å². The lowest BCUT2D eigenvalue weighted by Crippen LogP contribution is -2.32. The first kappa shape index (κ1) is 24.6. The van der Waals surface area contributed by atoms with Gasteiger partial charge in [-0.2, -0.15) is 0 Å². The average Bonchev–Trinajstić information content (AvgIpc) is 2.99. The third-order valence-corrected chi connectivity index (χ3v) is 10.7. The van der Waals surface area contributed by atoms with E-state index in [-0.39, 0.29) is 16.7 Å². The number of hydrogen-bond acceptors (Lipinski definition) is 1. The van der Waals surface area contributed by atoms with E-state index >= 15 is 13.3 Å². The molecule has 0 N–H and O–H groups in total. The quantitative estimate of drug-likeness (QED) is 0.0933. The van der Waals surface area contributed by atoms with E-state index in [1.54, 1.807) is 48.5 Å². The zero-order valence-electron chi connectivity index (χ0n) is 20.8. The Morgan fingerprint density at radius 2 is 0.775 bits per heavy atom. The predicted molar refractivity (Wildman–Crippen MR) is 156 cm³/mol. The van der Waals surface area contributed by atoms with Crippen LogP contribution in [0.1, 0.15) is 0 Å². The van der Waals surface area contributed by atoms with Crippen LogP contribution in [0.15, 0.2) is 115 Å². The molecule has 1 nitrogen and oxygen atoms in total. The Morgan fingerprint density at radius 1 is 0.425 bits per heavy atom. The van der Waals surface area contributed by atoms with E-state index in [9.17, 15) is 8.78 Å². The molecular formula is C34H19F4OP. The highest BCUT2D eigenvalue weighted by atomic mass is 31.2. The maximum Gasteiger partial charge on any atom is 0.178 e. The molecule has 0 atom stereocenters. The Labute approximate surface area is 226 Å². The van der Waals surface area contributed by atoms with Gasteiger partial charge in [-0.3, -0.25) is 0 Å². The second kappa shape index (κ2) is 9.04. The Bertz CT molecular complexity index is 2060. The molecule has 7 aromatic carbocycles. The van der Waals surface area contributed by atoms with Crippen molar-refractivity contribution in [2.24, 2.45) is 0 Å². The molecule has 0 aliphatic carbocycles. The number of benzene rings is 7. The molecule has 0 heterocycles. The van der Waals surface area contributed by atoms with Gasteiger partial charge in [-0.25, -0.2) is 17.6 Å². The van der Waals surface area contributed by atoms with E-state index in [1.807, 2.05) is 60.7 Å². The second-order valence-electron chi connectivity index (χ2n) is 9.75. The molecule has 0 fully saturated rings. The highest BCUT2D eigenvalue weighted by molar-refractivity contribution is 7.86. The Hall–Kier alpha value is -4.47. The molecule has 194 valence electrons. The number of halogens is 4. The maximum atomic E-state index is 15.9. The van der Waals surface area contributed by atoms with Crippen molar-refractivity contribution in [1.29, 1.82) is 0 Å². The van der Waals surface area contributed by atoms with Crippen LogP contribution in [0.25, 0.3) is 43.1 Å². The number of rotatable bonds is 3. The SMILES string of the molecule is O=P(c1c(F)c(F)cc(F)c1F)(c1cc2ccccc2c2ccccc12)c1cc2ccccc2c2ccccc12. The van der Waals surface area contributed by atoms with Gasteiger partial charge in [-0.05, 0) is 55.2 Å². The van der Waals surface area contributed by atoms with Crippen LogP contribution >= 0.6 is 7.14 Å². The Morgan fingerprint density at radius 3 is 1.20 bits per heavy atom. The summed E-state index contributed by atoms with van der Waals surface area (Å²) in [5.74, 6) is -6.55. The van der Waals surface area contributed by atoms with Gasteiger partial charge in [0.15, 0.2) is 30.4 Å². The van der Waals surface area contributed by atoms with Crippen molar-refractivity contribution >= 4 is 66.1 Å². The van der Waals surface area contributed by atoms with Crippen LogP contribution in [0.3, 0.4) is 0 Å². The summed E-state index contributed by atoms with van der Waals surface area (Å²) in [4.78, 5) is 0. The fraction of sp³-hybridized carbons (Fsp3) is 0. The monoisotopic (exact) mass is 550 g/mol. The largest absolute Gasteiger partial charge is 0.308 e. The molecule has 0 unspecified atom stereocenters. The Kier molecular flexibility index (Phi) is 5.55. The van der Waals surface area contributed by atoms with Crippen LogP contribution in [0.4, 0.5) is 17.6 Å². The molecule has 6 heteroatoms. The molecule has 7 aromatic rings. The highest BCUT2D eigenvalue weighted by Crippen LogP contribution is 2.50. The van der Waals surface area contributed by atoms with Crippen molar-refractivity contribution in [2.75, 3.05) is 0 Å². The molecule has 0 aliphatic rings. The number of fused-ring (bicyclic) bond motifs is 6. The first-order valence-electron chi connectivity index (χ1n) is 12.7. The van der Waals surface area contributed by atoms with E-state index in [1.165, 1.54) is 0 Å². The minimum atomic E-state index is -4.64. The van der Waals surface area contributed by atoms with Gasteiger partial charge >= 0.3 is 0 Å². The van der Waals surface area contributed by atoms with Gasteiger partial charge in [0.1, 0.15) is 0 Å². The molecule has 0 aromatic heterocycles. The minimum absolute atomic E-state index is 0.102. The first-order valence-corrected chi connectivity index (χ1v) is 14.4. The number of hydrogen-bond donors (Lipinski definition) is 0. The van der Waals surface area contributed by atoms with Crippen LogP contribution in [0.2, 0.25) is 0 Å².